The quantitative estimate of drug-likeness (QED) is 0.586. The highest BCUT2D eigenvalue weighted by atomic mass is 16.2. The maximum Gasteiger partial charge on any atom is 0.243 e. The van der Waals surface area contributed by atoms with Gasteiger partial charge in [-0.2, -0.15) is 0 Å². The Morgan fingerprint density at radius 2 is 1.86 bits per heavy atom. The molecular weight excluding hydrogens is 182 g/mol. The summed E-state index contributed by atoms with van der Waals surface area (Å²) < 4.78 is 0. The van der Waals surface area contributed by atoms with Crippen molar-refractivity contribution in [2.75, 3.05) is 33.7 Å². The number of rotatable bonds is 3. The van der Waals surface area contributed by atoms with Gasteiger partial charge in [-0.25, -0.2) is 0 Å². The third kappa shape index (κ3) is 2.52. The van der Waals surface area contributed by atoms with Gasteiger partial charge >= 0.3 is 0 Å². The molecule has 2 amide bonds. The van der Waals surface area contributed by atoms with Crippen LogP contribution in [-0.2, 0) is 9.59 Å². The predicted molar refractivity (Wildman–Crippen MR) is 52.7 cm³/mol. The molecule has 0 saturated carbocycles. The van der Waals surface area contributed by atoms with Gasteiger partial charge in [0.1, 0.15) is 0 Å². The molecule has 1 aliphatic rings. The van der Waals surface area contributed by atoms with Gasteiger partial charge in [0.05, 0.1) is 13.1 Å². The van der Waals surface area contributed by atoms with Gasteiger partial charge in [0, 0.05) is 12.6 Å². The summed E-state index contributed by atoms with van der Waals surface area (Å²) in [6.45, 7) is 3.13. The molecule has 1 unspecified atom stereocenters. The highest BCUT2D eigenvalue weighted by molar-refractivity contribution is 5.99. The lowest BCUT2D eigenvalue weighted by Crippen LogP contribution is -2.57. The average molecular weight is 199 g/mol. The van der Waals surface area contributed by atoms with Gasteiger partial charge in [-0.3, -0.25) is 19.8 Å². The minimum Gasteiger partial charge on any atom is -0.307 e. The summed E-state index contributed by atoms with van der Waals surface area (Å²) in [5, 5.41) is 2.77. The SMILES string of the molecule is CC(CN(C)C)N1C(=O)CNCC1=O. The summed E-state index contributed by atoms with van der Waals surface area (Å²) in [6.07, 6.45) is 0. The minimum absolute atomic E-state index is 0.0490. The number of nitrogens with zero attached hydrogens (tertiary/aromatic N) is 2. The Bertz CT molecular complexity index is 224. The van der Waals surface area contributed by atoms with Crippen LogP contribution in [0.2, 0.25) is 0 Å². The summed E-state index contributed by atoms with van der Waals surface area (Å²) >= 11 is 0. The van der Waals surface area contributed by atoms with E-state index in [1.165, 1.54) is 4.90 Å². The van der Waals surface area contributed by atoms with E-state index in [4.69, 9.17) is 0 Å². The molecule has 80 valence electrons. The lowest BCUT2D eigenvalue weighted by molar-refractivity contribution is -0.149. The largest absolute Gasteiger partial charge is 0.307 e. The molecule has 0 spiro atoms. The Balaban J connectivity index is 2.63. The van der Waals surface area contributed by atoms with Crippen molar-refractivity contribution in [3.05, 3.63) is 0 Å². The van der Waals surface area contributed by atoms with Gasteiger partial charge in [0.25, 0.3) is 0 Å². The normalized spacial score (nSPS) is 20.4. The number of carbonyl (C=O) groups is 2. The average Bonchev–Trinajstić information content (AvgIpc) is 2.01. The fourth-order valence-corrected chi connectivity index (χ4v) is 1.69. The molecule has 5 heteroatoms. The lowest BCUT2D eigenvalue weighted by atomic mass is 10.2. The van der Waals surface area contributed by atoms with E-state index < -0.39 is 0 Å². The zero-order valence-electron chi connectivity index (χ0n) is 8.91. The molecule has 0 aromatic carbocycles. The van der Waals surface area contributed by atoms with Crippen LogP contribution >= 0.6 is 0 Å². The Morgan fingerprint density at radius 1 is 1.36 bits per heavy atom. The molecule has 0 bridgehead atoms. The number of hydrogen-bond donors (Lipinski definition) is 1. The monoisotopic (exact) mass is 199 g/mol. The number of hydrogen-bond acceptors (Lipinski definition) is 4. The Kier molecular flexibility index (Phi) is 3.60. The van der Waals surface area contributed by atoms with E-state index in [9.17, 15) is 9.59 Å². The van der Waals surface area contributed by atoms with Crippen LogP contribution in [0.5, 0.6) is 0 Å². The lowest BCUT2D eigenvalue weighted by Gasteiger charge is -2.32. The standard InChI is InChI=1S/C9H17N3O2/c1-7(6-11(2)3)12-8(13)4-10-5-9(12)14/h7,10H,4-6H2,1-3H3. The number of nitrogens with one attached hydrogen (secondary N) is 1. The van der Waals surface area contributed by atoms with Gasteiger partial charge in [0.2, 0.25) is 11.8 Å². The summed E-state index contributed by atoms with van der Waals surface area (Å²) in [4.78, 5) is 26.2. The topological polar surface area (TPSA) is 52.6 Å². The van der Waals surface area contributed by atoms with Crippen molar-refractivity contribution in [1.82, 2.24) is 15.1 Å². The second-order valence-corrected chi connectivity index (χ2v) is 3.87. The molecule has 1 saturated heterocycles. The Labute approximate surface area is 84.0 Å². The zero-order valence-corrected chi connectivity index (χ0v) is 8.91. The van der Waals surface area contributed by atoms with E-state index in [0.717, 1.165) is 0 Å². The Morgan fingerprint density at radius 3 is 2.29 bits per heavy atom. The fraction of sp³-hybridized carbons (Fsp3) is 0.778. The molecule has 14 heavy (non-hydrogen) atoms. The fourth-order valence-electron chi connectivity index (χ4n) is 1.69. The molecule has 0 aromatic heterocycles. The van der Waals surface area contributed by atoms with Gasteiger partial charge in [0.15, 0.2) is 0 Å². The summed E-state index contributed by atoms with van der Waals surface area (Å²) in [5.74, 6) is -0.258. The van der Waals surface area contributed by atoms with Crippen molar-refractivity contribution in [2.24, 2.45) is 0 Å². The van der Waals surface area contributed by atoms with E-state index in [-0.39, 0.29) is 30.9 Å². The van der Waals surface area contributed by atoms with E-state index in [2.05, 4.69) is 5.32 Å². The van der Waals surface area contributed by atoms with E-state index in [1.54, 1.807) is 0 Å². The summed E-state index contributed by atoms with van der Waals surface area (Å²) in [6, 6.07) is -0.0490. The van der Waals surface area contributed by atoms with E-state index in [1.807, 2.05) is 25.9 Å². The molecule has 1 heterocycles. The number of amides is 2. The summed E-state index contributed by atoms with van der Waals surface area (Å²) in [5.41, 5.74) is 0. The maximum atomic E-state index is 11.5. The van der Waals surface area contributed by atoms with Crippen LogP contribution in [0.15, 0.2) is 0 Å². The molecule has 1 atom stereocenters. The predicted octanol–water partition coefficient (Wildman–Crippen LogP) is -1.11. The molecule has 5 nitrogen and oxygen atoms in total. The van der Waals surface area contributed by atoms with Gasteiger partial charge in [-0.15, -0.1) is 0 Å². The van der Waals surface area contributed by atoms with Crippen molar-refractivity contribution in [1.29, 1.82) is 0 Å². The first-order valence-corrected chi connectivity index (χ1v) is 4.72. The first kappa shape index (κ1) is 11.1. The smallest absolute Gasteiger partial charge is 0.243 e. The van der Waals surface area contributed by atoms with Gasteiger partial charge < -0.3 is 4.90 Å². The molecule has 1 rings (SSSR count). The highest BCUT2D eigenvalue weighted by Crippen LogP contribution is 2.04. The first-order valence-electron chi connectivity index (χ1n) is 4.72. The molecule has 0 aliphatic carbocycles. The van der Waals surface area contributed by atoms with Crippen LogP contribution < -0.4 is 5.32 Å². The van der Waals surface area contributed by atoms with Crippen molar-refractivity contribution in [2.45, 2.75) is 13.0 Å². The first-order chi connectivity index (χ1) is 6.52. The maximum absolute atomic E-state index is 11.5. The van der Waals surface area contributed by atoms with Crippen LogP contribution in [0.1, 0.15) is 6.92 Å². The van der Waals surface area contributed by atoms with Crippen molar-refractivity contribution in [3.8, 4) is 0 Å². The minimum atomic E-state index is -0.129. The van der Waals surface area contributed by atoms with Crippen molar-refractivity contribution >= 4 is 11.8 Å². The number of imide groups is 1. The second-order valence-electron chi connectivity index (χ2n) is 3.87. The van der Waals surface area contributed by atoms with Crippen LogP contribution in [0, 0.1) is 0 Å². The molecule has 1 fully saturated rings. The van der Waals surface area contributed by atoms with Crippen LogP contribution in [0.3, 0.4) is 0 Å². The van der Waals surface area contributed by atoms with Gasteiger partial charge in [-0.1, -0.05) is 0 Å². The van der Waals surface area contributed by atoms with E-state index >= 15 is 0 Å². The van der Waals surface area contributed by atoms with Gasteiger partial charge in [-0.05, 0) is 21.0 Å². The van der Waals surface area contributed by atoms with Crippen molar-refractivity contribution < 1.29 is 9.59 Å². The van der Waals surface area contributed by atoms with Crippen LogP contribution in [-0.4, -0.2) is 61.4 Å². The zero-order chi connectivity index (χ0) is 10.7. The summed E-state index contributed by atoms with van der Waals surface area (Å²) in [7, 11) is 3.85. The number of piperazine rings is 1. The van der Waals surface area contributed by atoms with E-state index in [0.29, 0.717) is 6.54 Å². The molecular formula is C9H17N3O2. The van der Waals surface area contributed by atoms with Crippen molar-refractivity contribution in [3.63, 3.8) is 0 Å². The number of likely N-dealkylation sites (N-methyl/N-ethyl adjacent to an activating group) is 1. The van der Waals surface area contributed by atoms with Crippen LogP contribution in [0.4, 0.5) is 0 Å². The Hall–Kier alpha value is -0.940. The molecule has 0 radical (unpaired) electrons. The molecule has 1 N–H and O–H groups in total. The third-order valence-corrected chi connectivity index (χ3v) is 2.16. The number of carbonyl (C=O) groups excluding carboxylic acids is 2. The molecule has 0 aromatic rings. The van der Waals surface area contributed by atoms with Crippen LogP contribution in [0.25, 0.3) is 0 Å². The second kappa shape index (κ2) is 4.52. The highest BCUT2D eigenvalue weighted by Gasteiger charge is 2.29. The molecule has 1 aliphatic heterocycles. The third-order valence-electron chi connectivity index (χ3n) is 2.16.